The number of benzene rings is 1. The SMILES string of the molecule is O=C(NCC1CCC1)c1ccc2c(c1)C(=O)N(CC1CCCO1)C2=O. The zero-order chi connectivity index (χ0) is 17.4. The molecule has 1 aromatic rings. The van der Waals surface area contributed by atoms with Crippen molar-refractivity contribution >= 4 is 17.7 Å². The van der Waals surface area contributed by atoms with E-state index in [2.05, 4.69) is 5.32 Å². The Morgan fingerprint density at radius 3 is 2.60 bits per heavy atom. The van der Waals surface area contributed by atoms with E-state index in [-0.39, 0.29) is 30.4 Å². The van der Waals surface area contributed by atoms with E-state index in [1.807, 2.05) is 0 Å². The van der Waals surface area contributed by atoms with Crippen LogP contribution in [0.1, 0.15) is 63.2 Å². The number of ether oxygens (including phenoxy) is 1. The van der Waals surface area contributed by atoms with Gasteiger partial charge in [-0.1, -0.05) is 6.42 Å². The Labute approximate surface area is 146 Å². The lowest BCUT2D eigenvalue weighted by Crippen LogP contribution is -2.36. The molecule has 2 heterocycles. The Balaban J connectivity index is 1.47. The maximum Gasteiger partial charge on any atom is 0.261 e. The fraction of sp³-hybridized carbons (Fsp3) is 0.526. The van der Waals surface area contributed by atoms with Gasteiger partial charge in [-0.2, -0.15) is 0 Å². The highest BCUT2D eigenvalue weighted by Crippen LogP contribution is 2.27. The highest BCUT2D eigenvalue weighted by Gasteiger charge is 2.38. The van der Waals surface area contributed by atoms with Crippen molar-refractivity contribution in [3.05, 3.63) is 34.9 Å². The van der Waals surface area contributed by atoms with Crippen molar-refractivity contribution in [2.45, 2.75) is 38.2 Å². The lowest BCUT2D eigenvalue weighted by Gasteiger charge is -2.25. The highest BCUT2D eigenvalue weighted by atomic mass is 16.5. The number of hydrogen-bond acceptors (Lipinski definition) is 4. The maximum atomic E-state index is 12.6. The molecule has 0 spiro atoms. The third-order valence-corrected chi connectivity index (χ3v) is 5.42. The van der Waals surface area contributed by atoms with Gasteiger partial charge in [0.15, 0.2) is 0 Å². The summed E-state index contributed by atoms with van der Waals surface area (Å²) in [7, 11) is 0. The molecule has 2 fully saturated rings. The largest absolute Gasteiger partial charge is 0.376 e. The van der Waals surface area contributed by atoms with Gasteiger partial charge >= 0.3 is 0 Å². The van der Waals surface area contributed by atoms with Crippen molar-refractivity contribution in [1.82, 2.24) is 10.2 Å². The smallest absolute Gasteiger partial charge is 0.261 e. The van der Waals surface area contributed by atoms with Crippen LogP contribution in [0.25, 0.3) is 0 Å². The summed E-state index contributed by atoms with van der Waals surface area (Å²) in [5.41, 5.74) is 1.12. The third kappa shape index (κ3) is 3.06. The maximum absolute atomic E-state index is 12.6. The molecule has 6 heteroatoms. The van der Waals surface area contributed by atoms with Gasteiger partial charge < -0.3 is 10.1 Å². The van der Waals surface area contributed by atoms with E-state index in [1.165, 1.54) is 11.3 Å². The lowest BCUT2D eigenvalue weighted by atomic mass is 9.85. The van der Waals surface area contributed by atoms with Crippen molar-refractivity contribution < 1.29 is 19.1 Å². The van der Waals surface area contributed by atoms with E-state index < -0.39 is 0 Å². The minimum Gasteiger partial charge on any atom is -0.376 e. The van der Waals surface area contributed by atoms with E-state index in [9.17, 15) is 14.4 Å². The van der Waals surface area contributed by atoms with E-state index in [0.29, 0.717) is 35.8 Å². The number of carbonyl (C=O) groups excluding carboxylic acids is 3. The zero-order valence-electron chi connectivity index (χ0n) is 14.1. The second-order valence-electron chi connectivity index (χ2n) is 7.12. The predicted molar refractivity (Wildman–Crippen MR) is 90.5 cm³/mol. The first-order chi connectivity index (χ1) is 12.1. The van der Waals surface area contributed by atoms with E-state index in [1.54, 1.807) is 18.2 Å². The van der Waals surface area contributed by atoms with Gasteiger partial charge in [-0.3, -0.25) is 19.3 Å². The average molecular weight is 342 g/mol. The molecule has 1 atom stereocenters. The summed E-state index contributed by atoms with van der Waals surface area (Å²) < 4.78 is 5.53. The van der Waals surface area contributed by atoms with Gasteiger partial charge in [-0.05, 0) is 49.8 Å². The van der Waals surface area contributed by atoms with Crippen molar-refractivity contribution in [3.63, 3.8) is 0 Å². The molecule has 1 N–H and O–H groups in total. The van der Waals surface area contributed by atoms with Crippen LogP contribution in [0.3, 0.4) is 0 Å². The summed E-state index contributed by atoms with van der Waals surface area (Å²) in [6.45, 7) is 1.64. The summed E-state index contributed by atoms with van der Waals surface area (Å²) in [6.07, 6.45) is 5.30. The molecule has 1 unspecified atom stereocenters. The lowest BCUT2D eigenvalue weighted by molar-refractivity contribution is 0.0475. The van der Waals surface area contributed by atoms with Crippen molar-refractivity contribution in [2.24, 2.45) is 5.92 Å². The molecule has 3 amide bonds. The molecule has 2 aliphatic heterocycles. The van der Waals surface area contributed by atoms with E-state index in [0.717, 1.165) is 25.7 Å². The van der Waals surface area contributed by atoms with Gasteiger partial charge in [0, 0.05) is 18.7 Å². The minimum absolute atomic E-state index is 0.0764. The number of amides is 3. The van der Waals surface area contributed by atoms with Crippen molar-refractivity contribution in [1.29, 1.82) is 0 Å². The van der Waals surface area contributed by atoms with Crippen LogP contribution >= 0.6 is 0 Å². The molecule has 0 radical (unpaired) electrons. The summed E-state index contributed by atoms with van der Waals surface area (Å²) in [6, 6.07) is 4.75. The molecule has 6 nitrogen and oxygen atoms in total. The zero-order valence-corrected chi connectivity index (χ0v) is 14.1. The molecule has 0 aromatic heterocycles. The van der Waals surface area contributed by atoms with Crippen LogP contribution in [0.4, 0.5) is 0 Å². The molecule has 1 aromatic carbocycles. The molecular formula is C19H22N2O4. The van der Waals surface area contributed by atoms with Gasteiger partial charge in [-0.25, -0.2) is 0 Å². The Hall–Kier alpha value is -2.21. The normalized spacial score (nSPS) is 22.9. The number of nitrogens with one attached hydrogen (secondary N) is 1. The second-order valence-corrected chi connectivity index (χ2v) is 7.12. The molecular weight excluding hydrogens is 320 g/mol. The van der Waals surface area contributed by atoms with Gasteiger partial charge in [0.25, 0.3) is 17.7 Å². The summed E-state index contributed by atoms with van der Waals surface area (Å²) in [5.74, 6) is -0.239. The van der Waals surface area contributed by atoms with E-state index in [4.69, 9.17) is 4.74 Å². The topological polar surface area (TPSA) is 75.7 Å². The fourth-order valence-corrected chi connectivity index (χ4v) is 3.63. The summed E-state index contributed by atoms with van der Waals surface area (Å²) >= 11 is 0. The number of nitrogens with zero attached hydrogens (tertiary/aromatic N) is 1. The number of carbonyl (C=O) groups is 3. The van der Waals surface area contributed by atoms with Crippen LogP contribution in [-0.4, -0.2) is 48.4 Å². The monoisotopic (exact) mass is 342 g/mol. The third-order valence-electron chi connectivity index (χ3n) is 5.42. The number of imide groups is 1. The van der Waals surface area contributed by atoms with Crippen LogP contribution in [-0.2, 0) is 4.74 Å². The van der Waals surface area contributed by atoms with Crippen LogP contribution in [0.15, 0.2) is 18.2 Å². The molecule has 1 aliphatic carbocycles. The van der Waals surface area contributed by atoms with Crippen LogP contribution in [0, 0.1) is 5.92 Å². The van der Waals surface area contributed by atoms with E-state index >= 15 is 0 Å². The van der Waals surface area contributed by atoms with Gasteiger partial charge in [0.2, 0.25) is 0 Å². The molecule has 25 heavy (non-hydrogen) atoms. The van der Waals surface area contributed by atoms with Crippen LogP contribution < -0.4 is 5.32 Å². The highest BCUT2D eigenvalue weighted by molar-refractivity contribution is 6.22. The van der Waals surface area contributed by atoms with Crippen molar-refractivity contribution in [3.8, 4) is 0 Å². The Morgan fingerprint density at radius 2 is 1.92 bits per heavy atom. The number of fused-ring (bicyclic) bond motifs is 1. The first kappa shape index (κ1) is 16.3. The average Bonchev–Trinajstić information content (AvgIpc) is 3.16. The minimum atomic E-state index is -0.329. The Morgan fingerprint density at radius 1 is 1.12 bits per heavy atom. The summed E-state index contributed by atoms with van der Waals surface area (Å²) in [4.78, 5) is 38.6. The second kappa shape index (κ2) is 6.59. The van der Waals surface area contributed by atoms with Crippen molar-refractivity contribution in [2.75, 3.05) is 19.7 Å². The van der Waals surface area contributed by atoms with Crippen LogP contribution in [0.5, 0.6) is 0 Å². The summed E-state index contributed by atoms with van der Waals surface area (Å²) in [5, 5.41) is 2.92. The Bertz CT molecular complexity index is 720. The molecule has 3 aliphatic rings. The fourth-order valence-electron chi connectivity index (χ4n) is 3.63. The number of hydrogen-bond donors (Lipinski definition) is 1. The predicted octanol–water partition coefficient (Wildman–Crippen LogP) is 1.99. The van der Waals surface area contributed by atoms with Gasteiger partial charge in [0.1, 0.15) is 0 Å². The molecule has 1 saturated heterocycles. The van der Waals surface area contributed by atoms with Gasteiger partial charge in [0.05, 0.1) is 23.8 Å². The first-order valence-corrected chi connectivity index (χ1v) is 9.03. The quantitative estimate of drug-likeness (QED) is 0.831. The van der Waals surface area contributed by atoms with Crippen LogP contribution in [0.2, 0.25) is 0 Å². The Kier molecular flexibility index (Phi) is 4.29. The number of rotatable bonds is 5. The molecule has 0 bridgehead atoms. The van der Waals surface area contributed by atoms with Gasteiger partial charge in [-0.15, -0.1) is 0 Å². The first-order valence-electron chi connectivity index (χ1n) is 9.03. The standard InChI is InChI=1S/C19H22N2O4/c22-17(20-10-12-3-1-4-12)13-6-7-15-16(9-13)19(24)21(18(15)23)11-14-5-2-8-25-14/h6-7,9,12,14H,1-5,8,10-11H2,(H,20,22). The molecule has 4 rings (SSSR count). The molecule has 132 valence electrons. The molecule has 1 saturated carbocycles.